The third-order valence-electron chi connectivity index (χ3n) is 3.74. The van der Waals surface area contributed by atoms with Crippen molar-refractivity contribution >= 4 is 22.8 Å². The van der Waals surface area contributed by atoms with Crippen LogP contribution in [-0.2, 0) is 4.74 Å². The molecule has 0 atom stereocenters. The van der Waals surface area contributed by atoms with E-state index in [1.807, 2.05) is 12.1 Å². The van der Waals surface area contributed by atoms with E-state index < -0.39 is 0 Å². The first-order chi connectivity index (χ1) is 11.0. The molecule has 0 aliphatic heterocycles. The third-order valence-corrected chi connectivity index (χ3v) is 3.74. The van der Waals surface area contributed by atoms with E-state index in [-0.39, 0.29) is 5.71 Å². The van der Waals surface area contributed by atoms with Gasteiger partial charge in [0.1, 0.15) is 5.76 Å². The van der Waals surface area contributed by atoms with Gasteiger partial charge in [-0.05, 0) is 51.1 Å². The number of rotatable bonds is 5. The Morgan fingerprint density at radius 2 is 1.87 bits per heavy atom. The molecule has 5 nitrogen and oxygen atoms in total. The molecule has 0 aromatic heterocycles. The normalized spacial score (nSPS) is 16.4. The van der Waals surface area contributed by atoms with Crippen molar-refractivity contribution in [3.63, 3.8) is 0 Å². The van der Waals surface area contributed by atoms with E-state index in [0.29, 0.717) is 23.2 Å². The summed E-state index contributed by atoms with van der Waals surface area (Å²) in [6.07, 6.45) is 3.25. The van der Waals surface area contributed by atoms with Crippen molar-refractivity contribution in [3.8, 4) is 0 Å². The topological polar surface area (TPSA) is 74.7 Å². The average molecular weight is 312 g/mol. The number of benzene rings is 1. The molecule has 1 aliphatic rings. The van der Waals surface area contributed by atoms with E-state index in [1.165, 1.54) is 12.8 Å². The van der Waals surface area contributed by atoms with Crippen molar-refractivity contribution < 1.29 is 4.74 Å². The minimum atomic E-state index is 0.259. The van der Waals surface area contributed by atoms with Crippen molar-refractivity contribution in [2.24, 2.45) is 10.7 Å². The number of hydrogen-bond acceptors (Lipinski definition) is 5. The Labute approximate surface area is 137 Å². The zero-order valence-corrected chi connectivity index (χ0v) is 14.1. The highest BCUT2D eigenvalue weighted by Crippen LogP contribution is 2.23. The SMILES string of the molecule is CCN(c1ccc(/N=C2/C=C(OC)C(=N)C=C2N)cc1)C(C)C. The summed E-state index contributed by atoms with van der Waals surface area (Å²) in [5.41, 5.74) is 9.29. The van der Waals surface area contributed by atoms with E-state index >= 15 is 0 Å². The average Bonchev–Trinajstić information content (AvgIpc) is 2.52. The zero-order chi connectivity index (χ0) is 17.0. The van der Waals surface area contributed by atoms with Crippen LogP contribution in [0.3, 0.4) is 0 Å². The Kier molecular flexibility index (Phi) is 5.21. The van der Waals surface area contributed by atoms with E-state index in [1.54, 1.807) is 12.2 Å². The maximum atomic E-state index is 7.77. The Morgan fingerprint density at radius 1 is 1.22 bits per heavy atom. The molecule has 122 valence electrons. The number of hydrogen-bond donors (Lipinski definition) is 2. The van der Waals surface area contributed by atoms with Gasteiger partial charge in [0.25, 0.3) is 0 Å². The maximum absolute atomic E-state index is 7.77. The molecule has 0 bridgehead atoms. The Balaban J connectivity index is 2.28. The first-order valence-corrected chi connectivity index (χ1v) is 7.73. The number of allylic oxidation sites excluding steroid dienone is 2. The minimum Gasteiger partial charge on any atom is -0.494 e. The molecule has 0 saturated heterocycles. The molecule has 0 radical (unpaired) electrons. The van der Waals surface area contributed by atoms with E-state index in [9.17, 15) is 0 Å². The summed E-state index contributed by atoms with van der Waals surface area (Å²) >= 11 is 0. The fraction of sp³-hybridized carbons (Fsp3) is 0.333. The molecular weight excluding hydrogens is 288 g/mol. The highest BCUT2D eigenvalue weighted by Gasteiger charge is 2.15. The molecule has 0 unspecified atom stereocenters. The molecule has 3 N–H and O–H groups in total. The summed E-state index contributed by atoms with van der Waals surface area (Å²) in [6.45, 7) is 7.46. The van der Waals surface area contributed by atoms with Gasteiger partial charge in [0.15, 0.2) is 0 Å². The molecule has 5 heteroatoms. The zero-order valence-electron chi connectivity index (χ0n) is 14.1. The fourth-order valence-electron chi connectivity index (χ4n) is 2.56. The molecule has 0 amide bonds. The summed E-state index contributed by atoms with van der Waals surface area (Å²) < 4.78 is 5.16. The predicted molar refractivity (Wildman–Crippen MR) is 96.8 cm³/mol. The van der Waals surface area contributed by atoms with Crippen LogP contribution in [0.2, 0.25) is 0 Å². The molecule has 0 spiro atoms. The van der Waals surface area contributed by atoms with Gasteiger partial charge in [-0.3, -0.25) is 5.41 Å². The number of ether oxygens (including phenoxy) is 1. The molecule has 0 heterocycles. The lowest BCUT2D eigenvalue weighted by atomic mass is 10.1. The maximum Gasteiger partial charge on any atom is 0.146 e. The molecule has 2 rings (SSSR count). The van der Waals surface area contributed by atoms with Crippen molar-refractivity contribution in [3.05, 3.63) is 47.9 Å². The van der Waals surface area contributed by atoms with Crippen molar-refractivity contribution in [2.75, 3.05) is 18.6 Å². The van der Waals surface area contributed by atoms with Crippen LogP contribution in [0.5, 0.6) is 0 Å². The second-order valence-corrected chi connectivity index (χ2v) is 5.62. The smallest absolute Gasteiger partial charge is 0.146 e. The lowest BCUT2D eigenvalue weighted by molar-refractivity contribution is 0.315. The van der Waals surface area contributed by atoms with Gasteiger partial charge in [0, 0.05) is 24.4 Å². The van der Waals surface area contributed by atoms with Gasteiger partial charge in [0.2, 0.25) is 0 Å². The summed E-state index contributed by atoms with van der Waals surface area (Å²) in [7, 11) is 1.54. The highest BCUT2D eigenvalue weighted by molar-refractivity contribution is 6.22. The summed E-state index contributed by atoms with van der Waals surface area (Å²) in [5.74, 6) is 0.464. The number of methoxy groups -OCH3 is 1. The van der Waals surface area contributed by atoms with Crippen LogP contribution in [-0.4, -0.2) is 31.1 Å². The van der Waals surface area contributed by atoms with E-state index in [0.717, 1.165) is 12.2 Å². The van der Waals surface area contributed by atoms with Crippen LogP contribution < -0.4 is 10.6 Å². The molecule has 0 fully saturated rings. The van der Waals surface area contributed by atoms with Gasteiger partial charge in [-0.25, -0.2) is 4.99 Å². The number of nitrogens with one attached hydrogen (secondary N) is 1. The van der Waals surface area contributed by atoms with Crippen LogP contribution >= 0.6 is 0 Å². The number of nitrogens with two attached hydrogens (primary N) is 1. The molecule has 1 aromatic rings. The van der Waals surface area contributed by atoms with Gasteiger partial charge >= 0.3 is 0 Å². The van der Waals surface area contributed by atoms with Crippen LogP contribution in [0, 0.1) is 5.41 Å². The number of nitrogens with zero attached hydrogens (tertiary/aromatic N) is 2. The van der Waals surface area contributed by atoms with Crippen molar-refractivity contribution in [2.45, 2.75) is 26.8 Å². The van der Waals surface area contributed by atoms with Gasteiger partial charge in [-0.15, -0.1) is 0 Å². The summed E-state index contributed by atoms with van der Waals surface area (Å²) in [6, 6.07) is 8.53. The molecule has 1 aliphatic carbocycles. The fourth-order valence-corrected chi connectivity index (χ4v) is 2.56. The quantitative estimate of drug-likeness (QED) is 0.818. The van der Waals surface area contributed by atoms with Gasteiger partial charge in [-0.1, -0.05) is 0 Å². The second kappa shape index (κ2) is 7.13. The van der Waals surface area contributed by atoms with Crippen LogP contribution in [0.4, 0.5) is 11.4 Å². The van der Waals surface area contributed by atoms with Gasteiger partial charge < -0.3 is 15.4 Å². The van der Waals surface area contributed by atoms with E-state index in [2.05, 4.69) is 42.8 Å². The minimum absolute atomic E-state index is 0.259. The lowest BCUT2D eigenvalue weighted by Crippen LogP contribution is -2.30. The molecule has 23 heavy (non-hydrogen) atoms. The Morgan fingerprint density at radius 3 is 2.39 bits per heavy atom. The van der Waals surface area contributed by atoms with Gasteiger partial charge in [-0.2, -0.15) is 0 Å². The Hall–Kier alpha value is -2.56. The van der Waals surface area contributed by atoms with Crippen molar-refractivity contribution in [1.29, 1.82) is 5.41 Å². The van der Waals surface area contributed by atoms with Gasteiger partial charge in [0.05, 0.1) is 29.9 Å². The Bertz CT molecular complexity index is 669. The van der Waals surface area contributed by atoms with Crippen LogP contribution in [0.1, 0.15) is 20.8 Å². The molecular formula is C18H24N4O. The third kappa shape index (κ3) is 3.80. The summed E-state index contributed by atoms with van der Waals surface area (Å²) in [5, 5.41) is 7.77. The largest absolute Gasteiger partial charge is 0.494 e. The first kappa shape index (κ1) is 16.8. The lowest BCUT2D eigenvalue weighted by Gasteiger charge is -2.27. The highest BCUT2D eigenvalue weighted by atomic mass is 16.5. The molecule has 0 saturated carbocycles. The predicted octanol–water partition coefficient (Wildman–Crippen LogP) is 3.40. The summed E-state index contributed by atoms with van der Waals surface area (Å²) in [4.78, 5) is 6.87. The first-order valence-electron chi connectivity index (χ1n) is 7.73. The van der Waals surface area contributed by atoms with E-state index in [4.69, 9.17) is 15.9 Å². The second-order valence-electron chi connectivity index (χ2n) is 5.62. The van der Waals surface area contributed by atoms with Crippen LogP contribution in [0.25, 0.3) is 0 Å². The number of anilines is 1. The van der Waals surface area contributed by atoms with Crippen molar-refractivity contribution in [1.82, 2.24) is 0 Å². The van der Waals surface area contributed by atoms with Crippen LogP contribution in [0.15, 0.2) is 52.9 Å². The number of aliphatic imine (C=N–C) groups is 1. The monoisotopic (exact) mass is 312 g/mol. The standard InChI is InChI=1S/C18H24N4O/c1-5-22(12(2)3)14-8-6-13(7-9-14)21-17-11-18(23-4)16(20)10-15(17)19/h6-12,20H,5,19H2,1-4H3/b20-16?,21-17-. The molecule has 1 aromatic carbocycles.